The molecular weight excluding hydrogens is 380 g/mol. The zero-order valence-electron chi connectivity index (χ0n) is 15.6. The van der Waals surface area contributed by atoms with Gasteiger partial charge in [-0.2, -0.15) is 0 Å². The Kier molecular flexibility index (Phi) is 8.49. The zero-order valence-corrected chi connectivity index (χ0v) is 16.4. The van der Waals surface area contributed by atoms with E-state index >= 15 is 0 Å². The highest BCUT2D eigenvalue weighted by Gasteiger charge is 2.20. The molecule has 0 aliphatic rings. The summed E-state index contributed by atoms with van der Waals surface area (Å²) >= 11 is 6.10. The van der Waals surface area contributed by atoms with Crippen LogP contribution in [0, 0.1) is 0 Å². The van der Waals surface area contributed by atoms with Gasteiger partial charge in [0.05, 0.1) is 30.2 Å². The standard InChI is InChI=1S/C21H23ClN2O4/c1-28-20(26)12-7-13-23-19(25)14-18(15-8-3-2-4-9-15)24-21(27)16-10-5-6-11-17(16)22/h2-6,8-11,18H,7,12-14H2,1H3,(H,23,25)(H,24,27). The van der Waals surface area contributed by atoms with Gasteiger partial charge >= 0.3 is 5.97 Å². The monoisotopic (exact) mass is 402 g/mol. The number of nitrogens with one attached hydrogen (secondary N) is 2. The number of esters is 1. The Hall–Kier alpha value is -2.86. The Morgan fingerprint density at radius 3 is 2.39 bits per heavy atom. The predicted octanol–water partition coefficient (Wildman–Crippen LogP) is 3.27. The number of hydrogen-bond acceptors (Lipinski definition) is 4. The number of hydrogen-bond donors (Lipinski definition) is 2. The number of halogens is 1. The highest BCUT2D eigenvalue weighted by molar-refractivity contribution is 6.33. The van der Waals surface area contributed by atoms with E-state index < -0.39 is 6.04 Å². The summed E-state index contributed by atoms with van der Waals surface area (Å²) in [5.41, 5.74) is 1.16. The predicted molar refractivity (Wildman–Crippen MR) is 107 cm³/mol. The molecule has 7 heteroatoms. The number of methoxy groups -OCH3 is 1. The van der Waals surface area contributed by atoms with Crippen LogP contribution in [-0.4, -0.2) is 31.4 Å². The minimum atomic E-state index is -0.509. The van der Waals surface area contributed by atoms with Crippen LogP contribution in [0.2, 0.25) is 5.02 Å². The van der Waals surface area contributed by atoms with Crippen LogP contribution >= 0.6 is 11.6 Å². The van der Waals surface area contributed by atoms with Crippen molar-refractivity contribution < 1.29 is 19.1 Å². The lowest BCUT2D eigenvalue weighted by Gasteiger charge is -2.19. The molecule has 28 heavy (non-hydrogen) atoms. The molecule has 0 fully saturated rings. The number of carbonyl (C=O) groups is 3. The first-order valence-corrected chi connectivity index (χ1v) is 9.33. The lowest BCUT2D eigenvalue weighted by Crippen LogP contribution is -2.34. The van der Waals surface area contributed by atoms with E-state index in [0.29, 0.717) is 23.6 Å². The van der Waals surface area contributed by atoms with E-state index in [1.165, 1.54) is 7.11 Å². The van der Waals surface area contributed by atoms with Gasteiger partial charge < -0.3 is 15.4 Å². The van der Waals surface area contributed by atoms with Crippen LogP contribution in [0.5, 0.6) is 0 Å². The van der Waals surface area contributed by atoms with E-state index in [4.69, 9.17) is 11.6 Å². The van der Waals surface area contributed by atoms with Gasteiger partial charge in [0.2, 0.25) is 5.91 Å². The normalized spacial score (nSPS) is 11.4. The van der Waals surface area contributed by atoms with Crippen molar-refractivity contribution in [3.05, 3.63) is 70.7 Å². The molecule has 2 amide bonds. The molecule has 0 aliphatic carbocycles. The second-order valence-corrected chi connectivity index (χ2v) is 6.56. The molecule has 1 unspecified atom stereocenters. The molecule has 0 radical (unpaired) electrons. The maximum absolute atomic E-state index is 12.6. The van der Waals surface area contributed by atoms with E-state index in [0.717, 1.165) is 5.56 Å². The Morgan fingerprint density at radius 2 is 1.71 bits per heavy atom. The maximum atomic E-state index is 12.6. The molecule has 2 N–H and O–H groups in total. The fourth-order valence-electron chi connectivity index (χ4n) is 2.64. The van der Waals surface area contributed by atoms with Crippen LogP contribution in [0.15, 0.2) is 54.6 Å². The summed E-state index contributed by atoms with van der Waals surface area (Å²) in [5.74, 6) is -0.889. The topological polar surface area (TPSA) is 84.5 Å². The van der Waals surface area contributed by atoms with Crippen LogP contribution in [0.3, 0.4) is 0 Å². The average Bonchev–Trinajstić information content (AvgIpc) is 2.71. The van der Waals surface area contributed by atoms with Gasteiger partial charge in [0.25, 0.3) is 5.91 Å². The summed E-state index contributed by atoms with van der Waals surface area (Å²) < 4.78 is 4.57. The molecule has 0 saturated carbocycles. The van der Waals surface area contributed by atoms with Gasteiger partial charge in [-0.1, -0.05) is 54.1 Å². The van der Waals surface area contributed by atoms with Crippen molar-refractivity contribution in [3.63, 3.8) is 0 Å². The summed E-state index contributed by atoms with van der Waals surface area (Å²) in [6.07, 6.45) is 0.793. The smallest absolute Gasteiger partial charge is 0.305 e. The zero-order chi connectivity index (χ0) is 20.4. The third kappa shape index (κ3) is 6.70. The molecular formula is C21H23ClN2O4. The Morgan fingerprint density at radius 1 is 1.04 bits per heavy atom. The average molecular weight is 403 g/mol. The van der Waals surface area contributed by atoms with Crippen molar-refractivity contribution in [2.45, 2.75) is 25.3 Å². The molecule has 2 rings (SSSR count). The summed E-state index contributed by atoms with van der Waals surface area (Å²) in [6, 6.07) is 15.5. The van der Waals surface area contributed by atoms with E-state index in [2.05, 4.69) is 15.4 Å². The molecule has 0 spiro atoms. The highest BCUT2D eigenvalue weighted by atomic mass is 35.5. The number of benzene rings is 2. The number of rotatable bonds is 9. The fourth-order valence-corrected chi connectivity index (χ4v) is 2.86. The first-order valence-electron chi connectivity index (χ1n) is 8.95. The van der Waals surface area contributed by atoms with E-state index in [9.17, 15) is 14.4 Å². The molecule has 2 aromatic carbocycles. The van der Waals surface area contributed by atoms with Gasteiger partial charge in [-0.15, -0.1) is 0 Å². The van der Waals surface area contributed by atoms with Gasteiger partial charge in [0.1, 0.15) is 0 Å². The highest BCUT2D eigenvalue weighted by Crippen LogP contribution is 2.20. The van der Waals surface area contributed by atoms with Gasteiger partial charge in [0.15, 0.2) is 0 Å². The van der Waals surface area contributed by atoms with Gasteiger partial charge in [-0.05, 0) is 24.1 Å². The molecule has 0 aliphatic heterocycles. The molecule has 0 saturated heterocycles. The molecule has 0 aromatic heterocycles. The summed E-state index contributed by atoms with van der Waals surface area (Å²) in [4.78, 5) is 36.1. The van der Waals surface area contributed by atoms with Gasteiger partial charge in [-0.3, -0.25) is 14.4 Å². The van der Waals surface area contributed by atoms with E-state index in [1.807, 2.05) is 30.3 Å². The number of carbonyl (C=O) groups excluding carboxylic acids is 3. The molecule has 6 nitrogen and oxygen atoms in total. The van der Waals surface area contributed by atoms with Crippen LogP contribution < -0.4 is 10.6 Å². The Balaban J connectivity index is 2.00. The fraction of sp³-hybridized carbons (Fsp3) is 0.286. The van der Waals surface area contributed by atoms with Crippen molar-refractivity contribution in [1.29, 1.82) is 0 Å². The minimum absolute atomic E-state index is 0.0679. The Bertz CT molecular complexity index is 811. The van der Waals surface area contributed by atoms with Crippen molar-refractivity contribution in [1.82, 2.24) is 10.6 Å². The lowest BCUT2D eigenvalue weighted by molar-refractivity contribution is -0.140. The van der Waals surface area contributed by atoms with E-state index in [1.54, 1.807) is 24.3 Å². The van der Waals surface area contributed by atoms with Gasteiger partial charge in [-0.25, -0.2) is 0 Å². The molecule has 0 heterocycles. The van der Waals surface area contributed by atoms with Crippen LogP contribution in [0.25, 0.3) is 0 Å². The second-order valence-electron chi connectivity index (χ2n) is 6.15. The van der Waals surface area contributed by atoms with Crippen molar-refractivity contribution >= 4 is 29.4 Å². The maximum Gasteiger partial charge on any atom is 0.305 e. The molecule has 148 valence electrons. The van der Waals surface area contributed by atoms with Crippen LogP contribution in [-0.2, 0) is 14.3 Å². The van der Waals surface area contributed by atoms with Crippen molar-refractivity contribution in [3.8, 4) is 0 Å². The summed E-state index contributed by atoms with van der Waals surface area (Å²) in [6.45, 7) is 0.355. The molecule has 0 bridgehead atoms. The minimum Gasteiger partial charge on any atom is -0.469 e. The first kappa shape index (κ1) is 21.4. The van der Waals surface area contributed by atoms with Crippen LogP contribution in [0.1, 0.15) is 41.2 Å². The van der Waals surface area contributed by atoms with Crippen LogP contribution in [0.4, 0.5) is 0 Å². The van der Waals surface area contributed by atoms with Crippen molar-refractivity contribution in [2.24, 2.45) is 0 Å². The second kappa shape index (κ2) is 11.1. The van der Waals surface area contributed by atoms with Gasteiger partial charge in [0, 0.05) is 13.0 Å². The SMILES string of the molecule is COC(=O)CCCNC(=O)CC(NC(=O)c1ccccc1Cl)c1ccccc1. The molecule has 2 aromatic rings. The summed E-state index contributed by atoms with van der Waals surface area (Å²) in [7, 11) is 1.33. The molecule has 1 atom stereocenters. The third-order valence-electron chi connectivity index (χ3n) is 4.12. The Labute approximate surface area is 169 Å². The van der Waals surface area contributed by atoms with Crippen molar-refractivity contribution in [2.75, 3.05) is 13.7 Å². The third-order valence-corrected chi connectivity index (χ3v) is 4.45. The largest absolute Gasteiger partial charge is 0.469 e. The first-order chi connectivity index (χ1) is 13.5. The number of amides is 2. The number of ether oxygens (including phenoxy) is 1. The summed E-state index contributed by atoms with van der Waals surface area (Å²) in [5, 5.41) is 5.99. The lowest BCUT2D eigenvalue weighted by atomic mass is 10.0. The van der Waals surface area contributed by atoms with E-state index in [-0.39, 0.29) is 30.6 Å². The quantitative estimate of drug-likeness (QED) is 0.498.